The van der Waals surface area contributed by atoms with Crippen molar-refractivity contribution in [3.05, 3.63) is 24.3 Å². The van der Waals surface area contributed by atoms with Crippen LogP contribution in [0, 0.1) is 0 Å². The molecule has 15 heavy (non-hydrogen) atoms. The van der Waals surface area contributed by atoms with E-state index in [1.165, 1.54) is 12.1 Å². The van der Waals surface area contributed by atoms with Crippen molar-refractivity contribution in [3.8, 4) is 5.75 Å². The van der Waals surface area contributed by atoms with Crippen LogP contribution in [-0.4, -0.2) is 28.7 Å². The van der Waals surface area contributed by atoms with Gasteiger partial charge < -0.3 is 9.47 Å². The first-order chi connectivity index (χ1) is 7.04. The van der Waals surface area contributed by atoms with Gasteiger partial charge in [-0.25, -0.2) is 8.42 Å². The second-order valence-electron chi connectivity index (χ2n) is 2.75. The lowest BCUT2D eigenvalue weighted by atomic mass is 10.3. The van der Waals surface area contributed by atoms with E-state index >= 15 is 0 Å². The number of hydrogen-bond acceptors (Lipinski definition) is 4. The average Bonchev–Trinajstić information content (AvgIpc) is 2.18. The Hall–Kier alpha value is -0.780. The number of methoxy groups -OCH3 is 1. The van der Waals surface area contributed by atoms with Gasteiger partial charge in [0, 0.05) is 17.8 Å². The fourth-order valence-corrected chi connectivity index (χ4v) is 1.71. The average molecular weight is 251 g/mol. The molecule has 0 aliphatic rings. The highest BCUT2D eigenvalue weighted by Crippen LogP contribution is 2.18. The summed E-state index contributed by atoms with van der Waals surface area (Å²) in [4.78, 5) is 0.0586. The largest absolute Gasteiger partial charge is 0.491 e. The summed E-state index contributed by atoms with van der Waals surface area (Å²) < 4.78 is 31.9. The lowest BCUT2D eigenvalue weighted by Crippen LogP contribution is -2.04. The molecule has 0 N–H and O–H groups in total. The molecule has 6 heteroatoms. The quantitative estimate of drug-likeness (QED) is 0.589. The van der Waals surface area contributed by atoms with E-state index in [9.17, 15) is 8.42 Å². The lowest BCUT2D eigenvalue weighted by Gasteiger charge is -2.05. The molecule has 1 aromatic carbocycles. The minimum Gasteiger partial charge on any atom is -0.491 e. The van der Waals surface area contributed by atoms with Gasteiger partial charge in [0.2, 0.25) is 0 Å². The third kappa shape index (κ3) is 4.07. The first-order valence-corrected chi connectivity index (χ1v) is 6.51. The summed E-state index contributed by atoms with van der Waals surface area (Å²) in [5.41, 5.74) is 0. The molecule has 0 saturated carbocycles. The van der Waals surface area contributed by atoms with Crippen molar-refractivity contribution in [2.24, 2.45) is 0 Å². The fourth-order valence-electron chi connectivity index (χ4n) is 0.941. The summed E-state index contributed by atoms with van der Waals surface area (Å²) in [5.74, 6) is 0.580. The smallest absolute Gasteiger partial charge is 0.261 e. The second-order valence-corrected chi connectivity index (χ2v) is 5.32. The van der Waals surface area contributed by atoms with Crippen molar-refractivity contribution in [2.75, 3.05) is 20.3 Å². The Morgan fingerprint density at radius 3 is 2.27 bits per heavy atom. The van der Waals surface area contributed by atoms with Crippen molar-refractivity contribution in [1.82, 2.24) is 0 Å². The van der Waals surface area contributed by atoms with Crippen LogP contribution in [0.25, 0.3) is 0 Å². The normalized spacial score (nSPS) is 11.3. The van der Waals surface area contributed by atoms with Gasteiger partial charge in [-0.3, -0.25) is 0 Å². The molecule has 0 unspecified atom stereocenters. The molecule has 0 radical (unpaired) electrons. The van der Waals surface area contributed by atoms with Gasteiger partial charge in [0.05, 0.1) is 11.5 Å². The highest BCUT2D eigenvalue weighted by molar-refractivity contribution is 8.13. The van der Waals surface area contributed by atoms with Gasteiger partial charge in [0.1, 0.15) is 12.4 Å². The Bertz CT molecular complexity index is 399. The maximum atomic E-state index is 10.9. The van der Waals surface area contributed by atoms with Crippen molar-refractivity contribution in [1.29, 1.82) is 0 Å². The Labute approximate surface area is 93.2 Å². The standard InChI is InChI=1S/C9H11ClO4S/c1-13-6-7-14-8-2-4-9(5-3-8)15(10,11)12/h2-5H,6-7H2,1H3. The van der Waals surface area contributed by atoms with Gasteiger partial charge in [0.15, 0.2) is 0 Å². The lowest BCUT2D eigenvalue weighted by molar-refractivity contribution is 0.146. The molecule has 0 saturated heterocycles. The number of halogens is 1. The van der Waals surface area contributed by atoms with Crippen LogP contribution in [0.3, 0.4) is 0 Å². The molecule has 0 aliphatic carbocycles. The Morgan fingerprint density at radius 1 is 1.20 bits per heavy atom. The van der Waals surface area contributed by atoms with Crippen LogP contribution in [0.1, 0.15) is 0 Å². The van der Waals surface area contributed by atoms with Crippen molar-refractivity contribution in [3.63, 3.8) is 0 Å². The number of rotatable bonds is 5. The molecule has 0 aliphatic heterocycles. The van der Waals surface area contributed by atoms with E-state index in [1.807, 2.05) is 0 Å². The fraction of sp³-hybridized carbons (Fsp3) is 0.333. The van der Waals surface area contributed by atoms with E-state index in [2.05, 4.69) is 0 Å². The molecular formula is C9H11ClO4S. The van der Waals surface area contributed by atoms with Crippen molar-refractivity contribution < 1.29 is 17.9 Å². The van der Waals surface area contributed by atoms with Crippen molar-refractivity contribution in [2.45, 2.75) is 4.90 Å². The van der Waals surface area contributed by atoms with Gasteiger partial charge >= 0.3 is 0 Å². The molecule has 0 aromatic heterocycles. The predicted octanol–water partition coefficient (Wildman–Crippen LogP) is 1.64. The molecule has 0 fully saturated rings. The van der Waals surface area contributed by atoms with Crippen LogP contribution in [0.5, 0.6) is 5.75 Å². The van der Waals surface area contributed by atoms with E-state index < -0.39 is 9.05 Å². The van der Waals surface area contributed by atoms with Gasteiger partial charge in [-0.15, -0.1) is 0 Å². The van der Waals surface area contributed by atoms with E-state index in [0.29, 0.717) is 19.0 Å². The number of hydrogen-bond donors (Lipinski definition) is 0. The molecule has 0 spiro atoms. The van der Waals surface area contributed by atoms with Crippen LogP contribution in [0.2, 0.25) is 0 Å². The molecule has 0 amide bonds. The zero-order valence-corrected chi connectivity index (χ0v) is 9.72. The Morgan fingerprint density at radius 2 is 1.80 bits per heavy atom. The Kier molecular flexibility index (Phi) is 4.38. The molecule has 0 atom stereocenters. The summed E-state index contributed by atoms with van der Waals surface area (Å²) in [6, 6.07) is 5.88. The summed E-state index contributed by atoms with van der Waals surface area (Å²) in [6.07, 6.45) is 0. The predicted molar refractivity (Wildman–Crippen MR) is 56.9 cm³/mol. The minimum atomic E-state index is -3.65. The van der Waals surface area contributed by atoms with Gasteiger partial charge in [0.25, 0.3) is 9.05 Å². The van der Waals surface area contributed by atoms with Gasteiger partial charge in [-0.2, -0.15) is 0 Å². The zero-order valence-electron chi connectivity index (χ0n) is 8.14. The molecule has 1 aromatic rings. The highest BCUT2D eigenvalue weighted by atomic mass is 35.7. The maximum Gasteiger partial charge on any atom is 0.261 e. The number of ether oxygens (including phenoxy) is 2. The second kappa shape index (κ2) is 5.34. The third-order valence-electron chi connectivity index (χ3n) is 1.66. The van der Waals surface area contributed by atoms with E-state index in [4.69, 9.17) is 20.2 Å². The number of benzene rings is 1. The monoisotopic (exact) mass is 250 g/mol. The SMILES string of the molecule is COCCOc1ccc(S(=O)(=O)Cl)cc1. The molecule has 1 rings (SSSR count). The van der Waals surface area contributed by atoms with Crippen molar-refractivity contribution >= 4 is 19.7 Å². The Balaban J connectivity index is 2.65. The highest BCUT2D eigenvalue weighted by Gasteiger charge is 2.08. The molecule has 0 bridgehead atoms. The first-order valence-electron chi connectivity index (χ1n) is 4.20. The molecule has 84 valence electrons. The first kappa shape index (κ1) is 12.3. The summed E-state index contributed by atoms with van der Waals surface area (Å²) in [5, 5.41) is 0. The van der Waals surface area contributed by atoms with E-state index in [-0.39, 0.29) is 4.90 Å². The molecular weight excluding hydrogens is 240 g/mol. The van der Waals surface area contributed by atoms with Gasteiger partial charge in [-0.05, 0) is 24.3 Å². The van der Waals surface area contributed by atoms with Crippen LogP contribution in [0.15, 0.2) is 29.2 Å². The van der Waals surface area contributed by atoms with Crippen LogP contribution < -0.4 is 4.74 Å². The molecule has 4 nitrogen and oxygen atoms in total. The zero-order chi connectivity index (χ0) is 11.3. The minimum absolute atomic E-state index is 0.0586. The van der Waals surface area contributed by atoms with E-state index in [1.54, 1.807) is 19.2 Å². The van der Waals surface area contributed by atoms with Crippen LogP contribution in [-0.2, 0) is 13.8 Å². The van der Waals surface area contributed by atoms with E-state index in [0.717, 1.165) is 0 Å². The molecule has 0 heterocycles. The summed E-state index contributed by atoms with van der Waals surface area (Å²) >= 11 is 0. The van der Waals surface area contributed by atoms with Crippen LogP contribution >= 0.6 is 10.7 Å². The third-order valence-corrected chi connectivity index (χ3v) is 3.03. The summed E-state index contributed by atoms with van der Waals surface area (Å²) in [7, 11) is 3.07. The van der Waals surface area contributed by atoms with Gasteiger partial charge in [-0.1, -0.05) is 0 Å². The maximum absolute atomic E-state index is 10.9. The van der Waals surface area contributed by atoms with Crippen LogP contribution in [0.4, 0.5) is 0 Å². The summed E-state index contributed by atoms with van der Waals surface area (Å²) in [6.45, 7) is 0.902. The topological polar surface area (TPSA) is 52.6 Å².